The molecule has 1 heterocycles. The molecule has 6 nitrogen and oxygen atoms in total. The third-order valence-electron chi connectivity index (χ3n) is 4.04. The van der Waals surface area contributed by atoms with E-state index < -0.39 is 6.04 Å². The Balaban J connectivity index is 2.21. The Bertz CT molecular complexity index is 627. The number of nitrogens with zero attached hydrogens (tertiary/aromatic N) is 1. The number of benzene rings is 1. The summed E-state index contributed by atoms with van der Waals surface area (Å²) in [6.07, 6.45) is 3.22. The summed E-state index contributed by atoms with van der Waals surface area (Å²) in [6, 6.07) is 4.85. The summed E-state index contributed by atoms with van der Waals surface area (Å²) in [7, 11) is 1.52. The Morgan fingerprint density at radius 2 is 2.04 bits per heavy atom. The molecule has 23 heavy (non-hydrogen) atoms. The molecule has 0 aliphatic carbocycles. The molecule has 1 aliphatic heterocycles. The van der Waals surface area contributed by atoms with Crippen LogP contribution in [0.4, 0.5) is 0 Å². The van der Waals surface area contributed by atoms with E-state index in [2.05, 4.69) is 5.32 Å². The highest BCUT2D eigenvalue weighted by molar-refractivity contribution is 6.01. The molecule has 0 saturated heterocycles. The van der Waals surface area contributed by atoms with Crippen molar-refractivity contribution >= 4 is 24.4 Å². The lowest BCUT2D eigenvalue weighted by atomic mass is 10.0. The van der Waals surface area contributed by atoms with Gasteiger partial charge in [0.15, 0.2) is 0 Å². The van der Waals surface area contributed by atoms with Crippen molar-refractivity contribution in [3.05, 3.63) is 34.9 Å². The number of hydrogen-bond acceptors (Lipinski definition) is 4. The summed E-state index contributed by atoms with van der Waals surface area (Å²) in [4.78, 5) is 47.2. The lowest BCUT2D eigenvalue weighted by molar-refractivity contribution is -0.125. The van der Waals surface area contributed by atoms with Crippen molar-refractivity contribution in [1.82, 2.24) is 10.2 Å². The number of aryl methyl sites for hydroxylation is 1. The van der Waals surface area contributed by atoms with E-state index in [1.807, 2.05) is 12.1 Å². The van der Waals surface area contributed by atoms with Crippen LogP contribution in [0.1, 0.15) is 40.7 Å². The maximum absolute atomic E-state index is 12.5. The van der Waals surface area contributed by atoms with Gasteiger partial charge in [0.2, 0.25) is 5.91 Å². The monoisotopic (exact) mass is 316 g/mol. The van der Waals surface area contributed by atoms with E-state index in [-0.39, 0.29) is 18.2 Å². The average Bonchev–Trinajstić information content (AvgIpc) is 2.89. The van der Waals surface area contributed by atoms with Gasteiger partial charge in [0, 0.05) is 32.0 Å². The van der Waals surface area contributed by atoms with E-state index in [0.29, 0.717) is 31.4 Å². The van der Waals surface area contributed by atoms with Crippen molar-refractivity contribution in [2.45, 2.75) is 38.3 Å². The molecule has 1 aliphatic rings. The van der Waals surface area contributed by atoms with Crippen molar-refractivity contribution in [1.29, 1.82) is 0 Å². The summed E-state index contributed by atoms with van der Waals surface area (Å²) in [5.74, 6) is -0.462. The molecule has 0 radical (unpaired) electrons. The van der Waals surface area contributed by atoms with Gasteiger partial charge in [-0.3, -0.25) is 9.59 Å². The van der Waals surface area contributed by atoms with Gasteiger partial charge in [-0.1, -0.05) is 12.1 Å². The van der Waals surface area contributed by atoms with E-state index in [1.165, 1.54) is 11.9 Å². The minimum atomic E-state index is -0.650. The quantitative estimate of drug-likeness (QED) is 0.721. The zero-order valence-corrected chi connectivity index (χ0v) is 13.1. The zero-order valence-electron chi connectivity index (χ0n) is 13.1. The van der Waals surface area contributed by atoms with E-state index in [4.69, 9.17) is 0 Å². The van der Waals surface area contributed by atoms with Crippen LogP contribution in [-0.2, 0) is 27.3 Å². The first kappa shape index (κ1) is 16.9. The largest absolute Gasteiger partial charge is 0.357 e. The second-order valence-electron chi connectivity index (χ2n) is 5.50. The topological polar surface area (TPSA) is 83.6 Å². The second-order valence-corrected chi connectivity index (χ2v) is 5.50. The van der Waals surface area contributed by atoms with Crippen molar-refractivity contribution < 1.29 is 19.2 Å². The van der Waals surface area contributed by atoms with E-state index >= 15 is 0 Å². The molecule has 0 aromatic heterocycles. The van der Waals surface area contributed by atoms with Crippen LogP contribution in [0.3, 0.4) is 0 Å². The van der Waals surface area contributed by atoms with Crippen LogP contribution < -0.4 is 5.32 Å². The molecule has 0 bridgehead atoms. The number of carbonyl (C=O) groups excluding carboxylic acids is 4. The van der Waals surface area contributed by atoms with Crippen LogP contribution in [0.5, 0.6) is 0 Å². The fourth-order valence-electron chi connectivity index (χ4n) is 2.85. The highest BCUT2D eigenvalue weighted by atomic mass is 16.2. The van der Waals surface area contributed by atoms with E-state index in [1.54, 1.807) is 6.07 Å². The predicted molar refractivity (Wildman–Crippen MR) is 83.9 cm³/mol. The first-order chi connectivity index (χ1) is 11.1. The summed E-state index contributed by atoms with van der Waals surface area (Å²) in [6.45, 7) is 0.347. The number of rotatable bonds is 8. The van der Waals surface area contributed by atoms with E-state index in [0.717, 1.165) is 23.7 Å². The molecule has 2 amide bonds. The normalized spacial score (nSPS) is 14.3. The second kappa shape index (κ2) is 7.67. The molecule has 122 valence electrons. The summed E-state index contributed by atoms with van der Waals surface area (Å²) in [5, 5.41) is 2.55. The van der Waals surface area contributed by atoms with Crippen LogP contribution in [0.25, 0.3) is 0 Å². The smallest absolute Gasteiger partial charge is 0.255 e. The molecule has 0 fully saturated rings. The van der Waals surface area contributed by atoms with Crippen LogP contribution >= 0.6 is 0 Å². The van der Waals surface area contributed by atoms with Gasteiger partial charge in [0.1, 0.15) is 18.6 Å². The summed E-state index contributed by atoms with van der Waals surface area (Å²) >= 11 is 0. The molecule has 1 aromatic carbocycles. The van der Waals surface area contributed by atoms with Crippen molar-refractivity contribution in [2.75, 3.05) is 7.05 Å². The molecule has 0 spiro atoms. The number of nitrogens with one attached hydrogen (secondary N) is 1. The lowest BCUT2D eigenvalue weighted by Crippen LogP contribution is -2.46. The molecule has 1 unspecified atom stereocenters. The van der Waals surface area contributed by atoms with Gasteiger partial charge in [-0.15, -0.1) is 0 Å². The Labute approximate surface area is 134 Å². The standard InChI is InChI=1S/C17H20N2O4/c1-18-16(22)15(5-3-9-21)19-11-13-10-12(4-2-8-20)6-7-14(13)17(19)23/h6-10,15H,2-5,11H2,1H3,(H,18,22). The van der Waals surface area contributed by atoms with Crippen LogP contribution in [0.15, 0.2) is 18.2 Å². The number of fused-ring (bicyclic) bond motifs is 1. The fourth-order valence-corrected chi connectivity index (χ4v) is 2.85. The van der Waals surface area contributed by atoms with Gasteiger partial charge in [0.25, 0.3) is 5.91 Å². The lowest BCUT2D eigenvalue weighted by Gasteiger charge is -2.25. The summed E-state index contributed by atoms with van der Waals surface area (Å²) < 4.78 is 0. The molecule has 1 aromatic rings. The number of carbonyl (C=O) groups is 4. The molecule has 1 N–H and O–H groups in total. The van der Waals surface area contributed by atoms with Crippen LogP contribution in [0.2, 0.25) is 0 Å². The van der Waals surface area contributed by atoms with E-state index in [9.17, 15) is 19.2 Å². The van der Waals surface area contributed by atoms with Crippen molar-refractivity contribution in [2.24, 2.45) is 0 Å². The van der Waals surface area contributed by atoms with Crippen LogP contribution in [0, 0.1) is 0 Å². The Hall–Kier alpha value is -2.50. The van der Waals surface area contributed by atoms with Crippen molar-refractivity contribution in [3.63, 3.8) is 0 Å². The number of aldehydes is 2. The Kier molecular flexibility index (Phi) is 5.62. The van der Waals surface area contributed by atoms with Crippen molar-refractivity contribution in [3.8, 4) is 0 Å². The predicted octanol–water partition coefficient (Wildman–Crippen LogP) is 0.868. The Morgan fingerprint density at radius 1 is 1.30 bits per heavy atom. The highest BCUT2D eigenvalue weighted by Gasteiger charge is 2.35. The maximum atomic E-state index is 12.5. The van der Waals surface area contributed by atoms with Gasteiger partial charge >= 0.3 is 0 Å². The molecule has 2 rings (SSSR count). The minimum absolute atomic E-state index is 0.193. The molecular weight excluding hydrogens is 296 g/mol. The van der Waals surface area contributed by atoms with Gasteiger partial charge in [-0.25, -0.2) is 0 Å². The number of hydrogen-bond donors (Lipinski definition) is 1. The molecular formula is C17H20N2O4. The first-order valence-electron chi connectivity index (χ1n) is 7.64. The van der Waals surface area contributed by atoms with Crippen LogP contribution in [-0.4, -0.2) is 42.4 Å². The highest BCUT2D eigenvalue weighted by Crippen LogP contribution is 2.27. The molecule has 0 saturated carbocycles. The van der Waals surface area contributed by atoms with Gasteiger partial charge in [-0.05, 0) is 30.0 Å². The van der Waals surface area contributed by atoms with Gasteiger partial charge in [-0.2, -0.15) is 0 Å². The SMILES string of the molecule is CNC(=O)C(CCC=O)N1Cc2cc(CCC=O)ccc2C1=O. The van der Waals surface area contributed by atoms with Gasteiger partial charge < -0.3 is 19.8 Å². The Morgan fingerprint density at radius 3 is 2.70 bits per heavy atom. The maximum Gasteiger partial charge on any atom is 0.255 e. The minimum Gasteiger partial charge on any atom is -0.357 e. The summed E-state index contributed by atoms with van der Waals surface area (Å²) in [5.41, 5.74) is 2.44. The number of likely N-dealkylation sites (N-methyl/N-ethyl adjacent to an activating group) is 1. The number of amides is 2. The zero-order chi connectivity index (χ0) is 16.8. The molecule has 1 atom stereocenters. The third kappa shape index (κ3) is 3.64. The first-order valence-corrected chi connectivity index (χ1v) is 7.64. The fraction of sp³-hybridized carbons (Fsp3) is 0.412. The van der Waals surface area contributed by atoms with Gasteiger partial charge in [0.05, 0.1) is 0 Å². The average molecular weight is 316 g/mol. The molecule has 6 heteroatoms. The third-order valence-corrected chi connectivity index (χ3v) is 4.04.